The first kappa shape index (κ1) is 30.5. The lowest BCUT2D eigenvalue weighted by atomic mass is 10.0. The van der Waals surface area contributed by atoms with Crippen LogP contribution >= 0.6 is 11.8 Å². The van der Waals surface area contributed by atoms with Crippen LogP contribution in [-0.2, 0) is 11.2 Å². The quantitative estimate of drug-likeness (QED) is 0.140. The molecule has 0 N–H and O–H groups in total. The van der Waals surface area contributed by atoms with E-state index in [1.807, 2.05) is 71.3 Å². The van der Waals surface area contributed by atoms with E-state index in [2.05, 4.69) is 52.9 Å². The number of hydrogen-bond donors (Lipinski definition) is 0. The maximum atomic E-state index is 13.2. The molecule has 43 heavy (non-hydrogen) atoms. The number of amides is 2. The second kappa shape index (κ2) is 14.5. The van der Waals surface area contributed by atoms with Crippen LogP contribution in [0.3, 0.4) is 0 Å². The van der Waals surface area contributed by atoms with Crippen molar-refractivity contribution in [1.29, 1.82) is 0 Å². The van der Waals surface area contributed by atoms with Crippen molar-refractivity contribution in [3.8, 4) is 17.1 Å². The van der Waals surface area contributed by atoms with E-state index in [4.69, 9.17) is 0 Å². The number of piperazine rings is 1. The Bertz CT molecular complexity index is 1520. The van der Waals surface area contributed by atoms with Crippen molar-refractivity contribution >= 4 is 23.6 Å². The van der Waals surface area contributed by atoms with Gasteiger partial charge >= 0.3 is 0 Å². The summed E-state index contributed by atoms with van der Waals surface area (Å²) >= 11 is 1.63. The second-order valence-electron chi connectivity index (χ2n) is 11.2. The van der Waals surface area contributed by atoms with Crippen LogP contribution < -0.4 is 0 Å². The molecule has 0 saturated carbocycles. The molecular formula is C35H41N5O2S. The molecule has 0 radical (unpaired) electrons. The van der Waals surface area contributed by atoms with Crippen LogP contribution in [0.4, 0.5) is 0 Å². The van der Waals surface area contributed by atoms with Gasteiger partial charge in [-0.1, -0.05) is 85.8 Å². The number of rotatable bonds is 11. The molecule has 1 fully saturated rings. The number of nitrogens with zero attached hydrogens (tertiary/aromatic N) is 5. The fraction of sp³-hybridized carbons (Fsp3) is 0.371. The summed E-state index contributed by atoms with van der Waals surface area (Å²) in [5.41, 5.74) is 5.20. The Morgan fingerprint density at radius 2 is 1.65 bits per heavy atom. The highest BCUT2D eigenvalue weighted by Crippen LogP contribution is 2.30. The molecule has 0 aliphatic carbocycles. The molecule has 2 amide bonds. The third-order valence-electron chi connectivity index (χ3n) is 8.05. The number of benzene rings is 3. The molecule has 224 valence electrons. The van der Waals surface area contributed by atoms with Gasteiger partial charge in [0, 0.05) is 49.0 Å². The van der Waals surface area contributed by atoms with E-state index in [0.29, 0.717) is 26.1 Å². The van der Waals surface area contributed by atoms with Gasteiger partial charge in [-0.3, -0.25) is 14.2 Å². The summed E-state index contributed by atoms with van der Waals surface area (Å²) in [6.07, 6.45) is 4.57. The van der Waals surface area contributed by atoms with Gasteiger partial charge in [-0.15, -0.1) is 10.2 Å². The molecule has 0 spiro atoms. The van der Waals surface area contributed by atoms with Gasteiger partial charge in [0.2, 0.25) is 5.91 Å². The highest BCUT2D eigenvalue weighted by Gasteiger charge is 2.30. The third-order valence-corrected chi connectivity index (χ3v) is 9.06. The molecule has 8 heteroatoms. The number of aromatic nitrogens is 3. The van der Waals surface area contributed by atoms with E-state index in [9.17, 15) is 9.59 Å². The maximum absolute atomic E-state index is 13.2. The van der Waals surface area contributed by atoms with Gasteiger partial charge in [-0.05, 0) is 62.4 Å². The molecular weight excluding hydrogens is 554 g/mol. The van der Waals surface area contributed by atoms with Crippen molar-refractivity contribution < 1.29 is 9.59 Å². The van der Waals surface area contributed by atoms with Crippen molar-refractivity contribution in [2.45, 2.75) is 64.1 Å². The Labute approximate surface area is 259 Å². The van der Waals surface area contributed by atoms with E-state index in [-0.39, 0.29) is 17.9 Å². The lowest BCUT2D eigenvalue weighted by Gasteiger charge is -2.40. The van der Waals surface area contributed by atoms with Crippen molar-refractivity contribution in [2.24, 2.45) is 0 Å². The van der Waals surface area contributed by atoms with Crippen LogP contribution in [0, 0.1) is 6.92 Å². The van der Waals surface area contributed by atoms with E-state index in [0.717, 1.165) is 64.8 Å². The Balaban J connectivity index is 1.15. The fourth-order valence-corrected chi connectivity index (χ4v) is 6.44. The summed E-state index contributed by atoms with van der Waals surface area (Å²) in [4.78, 5) is 30.2. The van der Waals surface area contributed by atoms with Gasteiger partial charge < -0.3 is 9.80 Å². The molecule has 2 heterocycles. The average Bonchev–Trinajstić information content (AvgIpc) is 3.46. The van der Waals surface area contributed by atoms with Gasteiger partial charge in [-0.2, -0.15) is 0 Å². The molecule has 4 aromatic rings. The maximum Gasteiger partial charge on any atom is 0.254 e. The molecule has 3 aromatic carbocycles. The Morgan fingerprint density at radius 3 is 2.37 bits per heavy atom. The van der Waals surface area contributed by atoms with Crippen LogP contribution in [0.2, 0.25) is 0 Å². The first-order chi connectivity index (χ1) is 21.0. The number of para-hydroxylation sites is 1. The first-order valence-electron chi connectivity index (χ1n) is 15.3. The van der Waals surface area contributed by atoms with E-state index in [1.54, 1.807) is 11.8 Å². The summed E-state index contributed by atoms with van der Waals surface area (Å²) in [5.74, 6) is 1.76. The normalized spacial score (nSPS) is 15.1. The predicted molar refractivity (Wildman–Crippen MR) is 174 cm³/mol. The first-order valence-corrected chi connectivity index (χ1v) is 16.3. The van der Waals surface area contributed by atoms with Crippen LogP contribution in [0.25, 0.3) is 17.1 Å². The van der Waals surface area contributed by atoms with Crippen molar-refractivity contribution in [3.05, 3.63) is 95.6 Å². The second-order valence-corrected chi connectivity index (χ2v) is 12.3. The number of thioether (sulfide) groups is 1. The summed E-state index contributed by atoms with van der Waals surface area (Å²) in [5, 5.41) is 9.90. The van der Waals surface area contributed by atoms with Crippen LogP contribution in [0.1, 0.15) is 61.0 Å². The van der Waals surface area contributed by atoms with Gasteiger partial charge in [-0.25, -0.2) is 0 Å². The van der Waals surface area contributed by atoms with Crippen LogP contribution in [-0.4, -0.2) is 67.8 Å². The lowest BCUT2D eigenvalue weighted by Crippen LogP contribution is -2.55. The summed E-state index contributed by atoms with van der Waals surface area (Å²) in [6, 6.07) is 26.3. The molecule has 1 aliphatic rings. The van der Waals surface area contributed by atoms with Gasteiger partial charge in [0.1, 0.15) is 0 Å². The summed E-state index contributed by atoms with van der Waals surface area (Å²) in [6.45, 7) is 8.00. The third kappa shape index (κ3) is 7.36. The fourth-order valence-electron chi connectivity index (χ4n) is 5.56. The zero-order chi connectivity index (χ0) is 30.2. The number of carbonyl (C=O) groups is 2. The zero-order valence-corrected chi connectivity index (χ0v) is 26.2. The van der Waals surface area contributed by atoms with Crippen molar-refractivity contribution in [1.82, 2.24) is 24.6 Å². The largest absolute Gasteiger partial charge is 0.339 e. The van der Waals surface area contributed by atoms with Gasteiger partial charge in [0.15, 0.2) is 11.0 Å². The molecule has 5 rings (SSSR count). The Hall–Kier alpha value is -3.91. The van der Waals surface area contributed by atoms with Crippen LogP contribution in [0.5, 0.6) is 0 Å². The molecule has 0 bridgehead atoms. The zero-order valence-electron chi connectivity index (χ0n) is 25.4. The summed E-state index contributed by atoms with van der Waals surface area (Å²) in [7, 11) is 0. The highest BCUT2D eigenvalue weighted by atomic mass is 32.2. The number of unbranched alkanes of at least 4 members (excludes halogenated alkanes) is 1. The smallest absolute Gasteiger partial charge is 0.254 e. The molecule has 1 aliphatic heterocycles. The van der Waals surface area contributed by atoms with Crippen molar-refractivity contribution in [3.63, 3.8) is 0 Å². The van der Waals surface area contributed by atoms with E-state index >= 15 is 0 Å². The summed E-state index contributed by atoms with van der Waals surface area (Å²) < 4.78 is 2.12. The van der Waals surface area contributed by atoms with Gasteiger partial charge in [0.05, 0.1) is 5.69 Å². The van der Waals surface area contributed by atoms with Gasteiger partial charge in [0.25, 0.3) is 5.91 Å². The predicted octanol–water partition coefficient (Wildman–Crippen LogP) is 6.83. The molecule has 1 atom stereocenters. The topological polar surface area (TPSA) is 71.3 Å². The van der Waals surface area contributed by atoms with E-state index in [1.165, 1.54) is 5.56 Å². The molecule has 1 unspecified atom stereocenters. The standard InChI is InChI=1S/C35H41N5O2S/c1-4-5-13-28-18-20-30(21-19-28)34(42)39-23-22-38(25-27(39)3)32(41)17-11-24-43-35-37-36-33(29-14-7-6-8-15-29)40(35)31-16-10-9-12-26(31)2/h6-10,12,14-16,18-21,27H,4-5,11,13,17,22-25H2,1-3H3. The van der Waals surface area contributed by atoms with Crippen molar-refractivity contribution in [2.75, 3.05) is 25.4 Å². The lowest BCUT2D eigenvalue weighted by molar-refractivity contribution is -0.133. The average molecular weight is 596 g/mol. The molecule has 7 nitrogen and oxygen atoms in total. The molecule has 1 aromatic heterocycles. The Morgan fingerprint density at radius 1 is 0.907 bits per heavy atom. The number of carbonyl (C=O) groups excluding carboxylic acids is 2. The molecule has 1 saturated heterocycles. The highest BCUT2D eigenvalue weighted by molar-refractivity contribution is 7.99. The number of hydrogen-bond acceptors (Lipinski definition) is 5. The monoisotopic (exact) mass is 595 g/mol. The van der Waals surface area contributed by atoms with E-state index < -0.39 is 0 Å². The number of aryl methyl sites for hydroxylation is 2. The minimum absolute atomic E-state index is 0.0246. The van der Waals surface area contributed by atoms with Crippen LogP contribution in [0.15, 0.2) is 84.0 Å². The Kier molecular flexibility index (Phi) is 10.3. The minimum atomic E-state index is -0.0246. The minimum Gasteiger partial charge on any atom is -0.339 e. The SMILES string of the molecule is CCCCc1ccc(C(=O)N2CCN(C(=O)CCCSc3nnc(-c4ccccc4)n3-c3ccccc3C)CC2C)cc1.